The van der Waals surface area contributed by atoms with Crippen LogP contribution in [0.1, 0.15) is 11.6 Å². The molecule has 0 radical (unpaired) electrons. The molecule has 5 nitrogen and oxygen atoms in total. The number of nitrogens with two attached hydrogens (primary N) is 1. The van der Waals surface area contributed by atoms with E-state index in [-0.39, 0.29) is 11.9 Å². The maximum Gasteiger partial charge on any atom is 0.258 e. The molecule has 1 aliphatic rings. The highest BCUT2D eigenvalue weighted by Gasteiger charge is 2.32. The van der Waals surface area contributed by atoms with Crippen LogP contribution in [-0.4, -0.2) is 23.8 Å². The van der Waals surface area contributed by atoms with Crippen LogP contribution in [0.25, 0.3) is 0 Å². The molecule has 1 aliphatic heterocycles. The van der Waals surface area contributed by atoms with Gasteiger partial charge in [0.25, 0.3) is 5.91 Å². The summed E-state index contributed by atoms with van der Waals surface area (Å²) in [7, 11) is 1.60. The van der Waals surface area contributed by atoms with E-state index in [0.29, 0.717) is 0 Å². The van der Waals surface area contributed by atoms with Gasteiger partial charge in [-0.3, -0.25) is 9.69 Å². The molecule has 0 bridgehead atoms. The van der Waals surface area contributed by atoms with Crippen LogP contribution in [0, 0.1) is 0 Å². The lowest BCUT2D eigenvalue weighted by Gasteiger charge is -2.07. The molecule has 0 saturated carbocycles. The molecule has 0 aliphatic carbocycles. The summed E-state index contributed by atoms with van der Waals surface area (Å²) in [5, 5.41) is 0. The van der Waals surface area contributed by atoms with Crippen molar-refractivity contribution in [3.63, 3.8) is 0 Å². The molecule has 2 rings (SSSR count). The molecule has 0 fully saturated rings. The van der Waals surface area contributed by atoms with Gasteiger partial charge in [0.2, 0.25) is 0 Å². The summed E-state index contributed by atoms with van der Waals surface area (Å²) < 4.78 is 4.86. The molecule has 1 amide bonds. The van der Waals surface area contributed by atoms with Crippen LogP contribution in [0.4, 0.5) is 0 Å². The number of nitrogens with zero attached hydrogens (tertiary/aromatic N) is 2. The van der Waals surface area contributed by atoms with E-state index in [1.165, 1.54) is 17.4 Å². The molecule has 1 unspecified atom stereocenters. The molecule has 1 atom stereocenters. The molecule has 1 aromatic heterocycles. The van der Waals surface area contributed by atoms with Crippen molar-refractivity contribution in [3.8, 4) is 0 Å². The van der Waals surface area contributed by atoms with Crippen molar-refractivity contribution in [1.82, 2.24) is 4.90 Å². The summed E-state index contributed by atoms with van der Waals surface area (Å²) >= 11 is 0. The molecule has 2 N–H and O–H groups in total. The Balaban J connectivity index is 2.33. The number of hydrogen-bond acceptors (Lipinski definition) is 4. The van der Waals surface area contributed by atoms with E-state index in [1.54, 1.807) is 13.1 Å². The van der Waals surface area contributed by atoms with Crippen LogP contribution in [0.3, 0.4) is 0 Å². The molecule has 2 heterocycles. The average Bonchev–Trinajstić information content (AvgIpc) is 2.70. The van der Waals surface area contributed by atoms with Crippen molar-refractivity contribution in [2.24, 2.45) is 10.7 Å². The lowest BCUT2D eigenvalue weighted by molar-refractivity contribution is -0.126. The molecule has 68 valence electrons. The average molecular weight is 179 g/mol. The van der Waals surface area contributed by atoms with E-state index in [9.17, 15) is 4.79 Å². The summed E-state index contributed by atoms with van der Waals surface area (Å²) in [4.78, 5) is 16.8. The lowest BCUT2D eigenvalue weighted by atomic mass is 10.1. The van der Waals surface area contributed by atoms with Gasteiger partial charge in [-0.1, -0.05) is 0 Å². The zero-order valence-electron chi connectivity index (χ0n) is 7.10. The number of aliphatic imine (C=N–C) groups is 1. The standard InChI is InChI=1S/C8H9N3O2/c1-11-7(12)6(10-8(11)9)5-2-3-13-4-5/h2-4,6H,1H3,(H2,9,10). The van der Waals surface area contributed by atoms with E-state index in [1.807, 2.05) is 0 Å². The van der Waals surface area contributed by atoms with Gasteiger partial charge in [0.1, 0.15) is 0 Å². The second-order valence-corrected chi connectivity index (χ2v) is 2.84. The molecule has 1 aromatic rings. The summed E-state index contributed by atoms with van der Waals surface area (Å²) in [6.45, 7) is 0. The van der Waals surface area contributed by atoms with Crippen molar-refractivity contribution >= 4 is 11.9 Å². The minimum absolute atomic E-state index is 0.126. The number of carbonyl (C=O) groups is 1. The highest BCUT2D eigenvalue weighted by molar-refractivity contribution is 6.04. The largest absolute Gasteiger partial charge is 0.472 e. The molecule has 0 aromatic carbocycles. The van der Waals surface area contributed by atoms with Crippen LogP contribution >= 0.6 is 0 Å². The van der Waals surface area contributed by atoms with E-state index in [4.69, 9.17) is 10.2 Å². The maximum atomic E-state index is 11.5. The monoisotopic (exact) mass is 179 g/mol. The Labute approximate surface area is 74.8 Å². The van der Waals surface area contributed by atoms with E-state index in [0.717, 1.165) is 5.56 Å². The Morgan fingerprint density at radius 3 is 2.92 bits per heavy atom. The van der Waals surface area contributed by atoms with E-state index >= 15 is 0 Å². The van der Waals surface area contributed by atoms with Crippen molar-refractivity contribution in [2.45, 2.75) is 6.04 Å². The predicted octanol–water partition coefficient (Wildman–Crippen LogP) is 0.107. The number of rotatable bonds is 1. The predicted molar refractivity (Wildman–Crippen MR) is 45.8 cm³/mol. The first kappa shape index (κ1) is 7.85. The fourth-order valence-electron chi connectivity index (χ4n) is 1.22. The summed E-state index contributed by atoms with van der Waals surface area (Å²) in [5.74, 6) is 0.120. The van der Waals surface area contributed by atoms with E-state index in [2.05, 4.69) is 4.99 Å². The van der Waals surface area contributed by atoms with Crippen LogP contribution in [0.2, 0.25) is 0 Å². The van der Waals surface area contributed by atoms with Gasteiger partial charge in [0, 0.05) is 12.6 Å². The van der Waals surface area contributed by atoms with Gasteiger partial charge in [0.05, 0.1) is 12.5 Å². The molecule has 13 heavy (non-hydrogen) atoms. The van der Waals surface area contributed by atoms with Gasteiger partial charge in [-0.2, -0.15) is 0 Å². The van der Waals surface area contributed by atoms with E-state index < -0.39 is 6.04 Å². The molecule has 5 heteroatoms. The Morgan fingerprint density at radius 2 is 2.46 bits per heavy atom. The topological polar surface area (TPSA) is 71.8 Å². The summed E-state index contributed by atoms with van der Waals surface area (Å²) in [6.07, 6.45) is 3.01. The molecule has 0 spiro atoms. The molecular weight excluding hydrogens is 170 g/mol. The zero-order valence-corrected chi connectivity index (χ0v) is 7.10. The first-order valence-electron chi connectivity index (χ1n) is 3.83. The first-order valence-corrected chi connectivity index (χ1v) is 3.83. The van der Waals surface area contributed by atoms with Crippen molar-refractivity contribution < 1.29 is 9.21 Å². The minimum atomic E-state index is -0.524. The number of likely N-dealkylation sites (N-methyl/N-ethyl adjacent to an activating group) is 1. The molecule has 0 saturated heterocycles. The first-order chi connectivity index (χ1) is 6.20. The zero-order chi connectivity index (χ0) is 9.42. The summed E-state index contributed by atoms with van der Waals surface area (Å²) in [5.41, 5.74) is 6.22. The third kappa shape index (κ3) is 1.09. The van der Waals surface area contributed by atoms with Gasteiger partial charge in [0.15, 0.2) is 12.0 Å². The number of amides is 1. The lowest BCUT2D eigenvalue weighted by Crippen LogP contribution is -2.34. The maximum absolute atomic E-state index is 11.5. The smallest absolute Gasteiger partial charge is 0.258 e. The van der Waals surface area contributed by atoms with Gasteiger partial charge in [-0.25, -0.2) is 4.99 Å². The Hall–Kier alpha value is -1.78. The SMILES string of the molecule is CN1C(=O)C(c2ccoc2)N=C1N. The minimum Gasteiger partial charge on any atom is -0.472 e. The van der Waals surface area contributed by atoms with Gasteiger partial charge in [-0.15, -0.1) is 0 Å². The normalized spacial score (nSPS) is 22.2. The van der Waals surface area contributed by atoms with Crippen LogP contribution in [-0.2, 0) is 4.79 Å². The Morgan fingerprint density at radius 1 is 1.69 bits per heavy atom. The van der Waals surface area contributed by atoms with Gasteiger partial charge in [-0.05, 0) is 6.07 Å². The van der Waals surface area contributed by atoms with Gasteiger partial charge >= 0.3 is 0 Å². The van der Waals surface area contributed by atoms with Crippen molar-refractivity contribution in [1.29, 1.82) is 0 Å². The number of hydrogen-bond donors (Lipinski definition) is 1. The van der Waals surface area contributed by atoms with Crippen molar-refractivity contribution in [3.05, 3.63) is 24.2 Å². The fourth-order valence-corrected chi connectivity index (χ4v) is 1.22. The number of carbonyl (C=O) groups excluding carboxylic acids is 1. The second kappa shape index (κ2) is 2.62. The summed E-state index contributed by atoms with van der Waals surface area (Å²) in [6, 6.07) is 1.18. The third-order valence-electron chi connectivity index (χ3n) is 2.03. The number of guanidine groups is 1. The van der Waals surface area contributed by atoms with Crippen molar-refractivity contribution in [2.75, 3.05) is 7.05 Å². The highest BCUT2D eigenvalue weighted by atomic mass is 16.3. The second-order valence-electron chi connectivity index (χ2n) is 2.84. The van der Waals surface area contributed by atoms with Crippen LogP contribution < -0.4 is 5.73 Å². The quantitative estimate of drug-likeness (QED) is 0.664. The molecular formula is C8H9N3O2. The number of furan rings is 1. The Kier molecular flexibility index (Phi) is 1.58. The highest BCUT2D eigenvalue weighted by Crippen LogP contribution is 2.24. The van der Waals surface area contributed by atoms with Crippen LogP contribution in [0.15, 0.2) is 28.0 Å². The van der Waals surface area contributed by atoms with Gasteiger partial charge < -0.3 is 10.2 Å². The third-order valence-corrected chi connectivity index (χ3v) is 2.03. The fraction of sp³-hybridized carbons (Fsp3) is 0.250. The van der Waals surface area contributed by atoms with Crippen LogP contribution in [0.5, 0.6) is 0 Å². The Bertz CT molecular complexity index is 355.